The molecule has 2 aromatic carbocycles. The Balaban J connectivity index is 1.81. The maximum absolute atomic E-state index is 12.7. The van der Waals surface area contributed by atoms with Crippen molar-refractivity contribution in [1.29, 1.82) is 0 Å². The zero-order valence-corrected chi connectivity index (χ0v) is 15.2. The Morgan fingerprint density at radius 2 is 1.78 bits per heavy atom. The van der Waals surface area contributed by atoms with E-state index in [0.29, 0.717) is 16.8 Å². The minimum absolute atomic E-state index is 0.0768. The van der Waals surface area contributed by atoms with E-state index in [-0.39, 0.29) is 34.2 Å². The van der Waals surface area contributed by atoms with Crippen LogP contribution in [-0.2, 0) is 0 Å². The molecular weight excluding hydrogens is 377 g/mol. The van der Waals surface area contributed by atoms with Gasteiger partial charge < -0.3 is 10.6 Å². The molecule has 0 heterocycles. The molecule has 0 radical (unpaired) electrons. The van der Waals surface area contributed by atoms with E-state index in [1.807, 2.05) is 0 Å². The number of rotatable bonds is 5. The molecular formula is C19H17F3N2O2S. The lowest BCUT2D eigenvalue weighted by Crippen LogP contribution is -2.25. The van der Waals surface area contributed by atoms with E-state index in [0.717, 1.165) is 12.8 Å². The van der Waals surface area contributed by atoms with E-state index >= 15 is 0 Å². The van der Waals surface area contributed by atoms with Crippen molar-refractivity contribution in [3.05, 3.63) is 59.2 Å². The van der Waals surface area contributed by atoms with Crippen LogP contribution in [0.1, 0.15) is 39.1 Å². The molecule has 142 valence electrons. The first-order valence-electron chi connectivity index (χ1n) is 8.30. The average molecular weight is 394 g/mol. The lowest BCUT2D eigenvalue weighted by molar-refractivity contribution is -0.0328. The van der Waals surface area contributed by atoms with Gasteiger partial charge in [-0.2, -0.15) is 13.2 Å². The summed E-state index contributed by atoms with van der Waals surface area (Å²) in [7, 11) is 0. The number of hydrogen-bond donors (Lipinski definition) is 2. The Labute approximate surface area is 158 Å². The number of nitrogens with one attached hydrogen (secondary N) is 2. The summed E-state index contributed by atoms with van der Waals surface area (Å²) < 4.78 is 38.1. The second kappa shape index (κ2) is 7.64. The Morgan fingerprint density at radius 1 is 1.07 bits per heavy atom. The van der Waals surface area contributed by atoms with E-state index in [2.05, 4.69) is 10.6 Å². The summed E-state index contributed by atoms with van der Waals surface area (Å²) in [5.74, 6) is -0.897. The molecule has 0 aromatic heterocycles. The maximum Gasteiger partial charge on any atom is 0.446 e. The van der Waals surface area contributed by atoms with Gasteiger partial charge in [-0.1, -0.05) is 18.2 Å². The first kappa shape index (κ1) is 19.3. The minimum Gasteiger partial charge on any atom is -0.349 e. The van der Waals surface area contributed by atoms with Crippen molar-refractivity contribution in [2.24, 2.45) is 0 Å². The largest absolute Gasteiger partial charge is 0.446 e. The molecule has 1 fully saturated rings. The fourth-order valence-electron chi connectivity index (χ4n) is 2.45. The van der Waals surface area contributed by atoms with Crippen molar-refractivity contribution in [3.8, 4) is 0 Å². The molecule has 8 heteroatoms. The van der Waals surface area contributed by atoms with Gasteiger partial charge in [0, 0.05) is 22.2 Å². The van der Waals surface area contributed by atoms with Crippen LogP contribution in [0.15, 0.2) is 47.4 Å². The first-order chi connectivity index (χ1) is 12.7. The number of anilines is 1. The number of alkyl halides is 3. The fraction of sp³-hybridized carbons (Fsp3) is 0.263. The van der Waals surface area contributed by atoms with Gasteiger partial charge in [0.1, 0.15) is 0 Å². The summed E-state index contributed by atoms with van der Waals surface area (Å²) >= 11 is -0.333. The molecule has 2 aromatic rings. The van der Waals surface area contributed by atoms with Gasteiger partial charge in [0.25, 0.3) is 11.8 Å². The highest BCUT2D eigenvalue weighted by Crippen LogP contribution is 2.38. The maximum atomic E-state index is 12.7. The second-order valence-corrected chi connectivity index (χ2v) is 7.38. The van der Waals surface area contributed by atoms with Crippen LogP contribution in [0.25, 0.3) is 0 Å². The Hall–Kier alpha value is -2.48. The topological polar surface area (TPSA) is 58.2 Å². The van der Waals surface area contributed by atoms with Crippen molar-refractivity contribution in [2.45, 2.75) is 36.2 Å². The smallest absolute Gasteiger partial charge is 0.349 e. The number of carbonyl (C=O) groups is 2. The molecule has 27 heavy (non-hydrogen) atoms. The van der Waals surface area contributed by atoms with Crippen LogP contribution in [-0.4, -0.2) is 23.4 Å². The van der Waals surface area contributed by atoms with Gasteiger partial charge in [-0.25, -0.2) is 0 Å². The predicted octanol–water partition coefficient (Wildman–Crippen LogP) is 4.75. The van der Waals surface area contributed by atoms with Crippen LogP contribution >= 0.6 is 11.8 Å². The molecule has 2 N–H and O–H groups in total. The minimum atomic E-state index is -4.49. The first-order valence-corrected chi connectivity index (χ1v) is 9.12. The summed E-state index contributed by atoms with van der Waals surface area (Å²) in [4.78, 5) is 24.5. The molecule has 0 unspecified atom stereocenters. The van der Waals surface area contributed by atoms with Gasteiger partial charge in [-0.3, -0.25) is 9.59 Å². The van der Waals surface area contributed by atoms with Crippen LogP contribution in [0.2, 0.25) is 0 Å². The Bertz CT molecular complexity index is 879. The van der Waals surface area contributed by atoms with Crippen molar-refractivity contribution < 1.29 is 22.8 Å². The molecule has 0 saturated heterocycles. The van der Waals surface area contributed by atoms with Gasteiger partial charge in [0.15, 0.2) is 0 Å². The molecule has 0 aliphatic heterocycles. The Kier molecular flexibility index (Phi) is 5.46. The molecule has 2 amide bonds. The number of carbonyl (C=O) groups excluding carboxylic acids is 2. The normalized spacial score (nSPS) is 13.9. The van der Waals surface area contributed by atoms with Crippen LogP contribution in [0.4, 0.5) is 18.9 Å². The summed E-state index contributed by atoms with van der Waals surface area (Å²) in [5.41, 5.74) is -3.09. The number of benzene rings is 2. The van der Waals surface area contributed by atoms with Gasteiger partial charge in [-0.15, -0.1) is 0 Å². The SMILES string of the molecule is Cc1ccc(C(=O)NC2CC2)cc1NC(=O)c1ccccc1SC(F)(F)F. The summed E-state index contributed by atoms with van der Waals surface area (Å²) in [6, 6.07) is 10.6. The highest BCUT2D eigenvalue weighted by atomic mass is 32.2. The lowest BCUT2D eigenvalue weighted by atomic mass is 10.1. The predicted molar refractivity (Wildman–Crippen MR) is 98.0 cm³/mol. The van der Waals surface area contributed by atoms with Crippen molar-refractivity contribution in [3.63, 3.8) is 0 Å². The van der Waals surface area contributed by atoms with Crippen molar-refractivity contribution in [2.75, 3.05) is 5.32 Å². The molecule has 1 aliphatic rings. The fourth-order valence-corrected chi connectivity index (χ4v) is 3.12. The van der Waals surface area contributed by atoms with E-state index in [9.17, 15) is 22.8 Å². The van der Waals surface area contributed by atoms with Gasteiger partial charge in [-0.05, 0) is 61.4 Å². The number of hydrogen-bond acceptors (Lipinski definition) is 3. The van der Waals surface area contributed by atoms with Crippen LogP contribution in [0, 0.1) is 6.92 Å². The van der Waals surface area contributed by atoms with Crippen molar-refractivity contribution >= 4 is 29.3 Å². The zero-order valence-electron chi connectivity index (χ0n) is 14.4. The van der Waals surface area contributed by atoms with Crippen molar-refractivity contribution in [1.82, 2.24) is 5.32 Å². The number of halogens is 3. The highest BCUT2D eigenvalue weighted by Gasteiger charge is 2.31. The van der Waals surface area contributed by atoms with E-state index in [1.165, 1.54) is 30.3 Å². The molecule has 0 bridgehead atoms. The van der Waals surface area contributed by atoms with Crippen LogP contribution in [0.3, 0.4) is 0 Å². The number of thioether (sulfide) groups is 1. The monoisotopic (exact) mass is 394 g/mol. The number of aryl methyl sites for hydroxylation is 1. The third-order valence-electron chi connectivity index (χ3n) is 4.02. The molecule has 4 nitrogen and oxygen atoms in total. The molecule has 0 spiro atoms. The molecule has 3 rings (SSSR count). The number of amides is 2. The van der Waals surface area contributed by atoms with E-state index < -0.39 is 11.4 Å². The van der Waals surface area contributed by atoms with Crippen LogP contribution in [0.5, 0.6) is 0 Å². The molecule has 1 saturated carbocycles. The van der Waals surface area contributed by atoms with E-state index in [4.69, 9.17) is 0 Å². The third-order valence-corrected chi connectivity index (χ3v) is 4.83. The summed E-state index contributed by atoms with van der Waals surface area (Å²) in [6.45, 7) is 1.74. The van der Waals surface area contributed by atoms with Gasteiger partial charge >= 0.3 is 5.51 Å². The quantitative estimate of drug-likeness (QED) is 0.720. The van der Waals surface area contributed by atoms with Gasteiger partial charge in [0.2, 0.25) is 0 Å². The molecule has 1 aliphatic carbocycles. The second-order valence-electron chi connectivity index (χ2n) is 6.28. The average Bonchev–Trinajstić information content (AvgIpc) is 3.39. The van der Waals surface area contributed by atoms with Gasteiger partial charge in [0.05, 0.1) is 5.56 Å². The highest BCUT2D eigenvalue weighted by molar-refractivity contribution is 8.00. The molecule has 0 atom stereocenters. The van der Waals surface area contributed by atoms with E-state index in [1.54, 1.807) is 19.1 Å². The standard InChI is InChI=1S/C19H17F3N2O2S/c1-11-6-7-12(17(25)23-13-8-9-13)10-15(11)24-18(26)14-4-2-3-5-16(14)27-19(20,21)22/h2-7,10,13H,8-9H2,1H3,(H,23,25)(H,24,26). The zero-order chi connectivity index (χ0) is 19.6. The lowest BCUT2D eigenvalue weighted by Gasteiger charge is -2.13. The van der Waals surface area contributed by atoms with Crippen LogP contribution < -0.4 is 10.6 Å². The summed E-state index contributed by atoms with van der Waals surface area (Å²) in [6.07, 6.45) is 1.91. The summed E-state index contributed by atoms with van der Waals surface area (Å²) in [5, 5.41) is 5.47. The third kappa shape index (κ3) is 5.26. The Morgan fingerprint density at radius 3 is 2.44 bits per heavy atom.